The average molecular weight is 299 g/mol. The zero-order valence-electron chi connectivity index (χ0n) is 9.63. The van der Waals surface area contributed by atoms with Crippen LogP contribution < -0.4 is 15.8 Å². The Morgan fingerprint density at radius 3 is 2.82 bits per heavy atom. The standard InChI is InChI=1S/C12H15BrN2O2/c1-17-10-3-2-8(6-9(10)13)7-15-11(16)12(14)4-5-12/h2-3,6H,4-5,7,14H2,1H3,(H,15,16). The van der Waals surface area contributed by atoms with Crippen molar-refractivity contribution in [3.05, 3.63) is 28.2 Å². The molecule has 0 heterocycles. The second-order valence-corrected chi connectivity index (χ2v) is 5.16. The molecule has 1 fully saturated rings. The first-order valence-corrected chi connectivity index (χ1v) is 6.24. The van der Waals surface area contributed by atoms with Crippen LogP contribution in [0.15, 0.2) is 22.7 Å². The van der Waals surface area contributed by atoms with E-state index >= 15 is 0 Å². The van der Waals surface area contributed by atoms with Crippen LogP contribution in [-0.2, 0) is 11.3 Å². The largest absolute Gasteiger partial charge is 0.496 e. The number of amides is 1. The fourth-order valence-corrected chi connectivity index (χ4v) is 2.13. The Morgan fingerprint density at radius 2 is 2.29 bits per heavy atom. The van der Waals surface area contributed by atoms with E-state index in [2.05, 4.69) is 21.2 Å². The molecule has 1 aliphatic carbocycles. The molecule has 1 aliphatic rings. The molecule has 4 nitrogen and oxygen atoms in total. The third-order valence-electron chi connectivity index (χ3n) is 2.91. The number of methoxy groups -OCH3 is 1. The molecule has 92 valence electrons. The quantitative estimate of drug-likeness (QED) is 0.887. The van der Waals surface area contributed by atoms with Crippen molar-refractivity contribution >= 4 is 21.8 Å². The number of nitrogens with two attached hydrogens (primary N) is 1. The SMILES string of the molecule is COc1ccc(CNC(=O)C2(N)CC2)cc1Br. The minimum absolute atomic E-state index is 0.0653. The van der Waals surface area contributed by atoms with Crippen LogP contribution in [0, 0.1) is 0 Å². The lowest BCUT2D eigenvalue weighted by Gasteiger charge is -2.11. The summed E-state index contributed by atoms with van der Waals surface area (Å²) in [5.74, 6) is 0.710. The van der Waals surface area contributed by atoms with Gasteiger partial charge in [-0.05, 0) is 46.5 Å². The Bertz CT molecular complexity index is 444. The van der Waals surface area contributed by atoms with Crippen molar-refractivity contribution in [1.82, 2.24) is 5.32 Å². The maximum absolute atomic E-state index is 11.6. The lowest BCUT2D eigenvalue weighted by atomic mass is 10.2. The normalized spacial score (nSPS) is 16.4. The van der Waals surface area contributed by atoms with Gasteiger partial charge in [0.2, 0.25) is 5.91 Å². The van der Waals surface area contributed by atoms with E-state index in [0.29, 0.717) is 6.54 Å². The van der Waals surface area contributed by atoms with Gasteiger partial charge in [0, 0.05) is 6.54 Å². The van der Waals surface area contributed by atoms with Gasteiger partial charge < -0.3 is 15.8 Å². The summed E-state index contributed by atoms with van der Waals surface area (Å²) in [4.78, 5) is 11.6. The molecule has 0 aromatic heterocycles. The maximum atomic E-state index is 11.6. The van der Waals surface area contributed by atoms with Crippen LogP contribution >= 0.6 is 15.9 Å². The Labute approximate surface area is 109 Å². The fourth-order valence-electron chi connectivity index (χ4n) is 1.54. The lowest BCUT2D eigenvalue weighted by Crippen LogP contribution is -2.42. The predicted octanol–water partition coefficient (Wildman–Crippen LogP) is 1.57. The fraction of sp³-hybridized carbons (Fsp3) is 0.417. The van der Waals surface area contributed by atoms with E-state index in [1.165, 1.54) is 0 Å². The second-order valence-electron chi connectivity index (χ2n) is 4.31. The number of hydrogen-bond acceptors (Lipinski definition) is 3. The van der Waals surface area contributed by atoms with Crippen molar-refractivity contribution in [1.29, 1.82) is 0 Å². The number of hydrogen-bond donors (Lipinski definition) is 2. The molecule has 17 heavy (non-hydrogen) atoms. The summed E-state index contributed by atoms with van der Waals surface area (Å²) < 4.78 is 6.01. The van der Waals surface area contributed by atoms with Gasteiger partial charge in [0.15, 0.2) is 0 Å². The molecule has 2 rings (SSSR count). The summed E-state index contributed by atoms with van der Waals surface area (Å²) >= 11 is 3.40. The molecule has 0 radical (unpaired) electrons. The molecule has 0 aliphatic heterocycles. The van der Waals surface area contributed by atoms with E-state index in [0.717, 1.165) is 28.6 Å². The molecular weight excluding hydrogens is 284 g/mol. The highest BCUT2D eigenvalue weighted by Gasteiger charge is 2.45. The van der Waals surface area contributed by atoms with E-state index in [1.807, 2.05) is 18.2 Å². The number of carbonyl (C=O) groups excluding carboxylic acids is 1. The average Bonchev–Trinajstić information content (AvgIpc) is 3.06. The molecule has 0 atom stereocenters. The Balaban J connectivity index is 1.95. The summed E-state index contributed by atoms with van der Waals surface area (Å²) in [5.41, 5.74) is 6.19. The van der Waals surface area contributed by atoms with E-state index in [1.54, 1.807) is 7.11 Å². The minimum Gasteiger partial charge on any atom is -0.496 e. The Hall–Kier alpha value is -1.07. The van der Waals surface area contributed by atoms with Crippen LogP contribution in [0.2, 0.25) is 0 Å². The monoisotopic (exact) mass is 298 g/mol. The molecular formula is C12H15BrN2O2. The number of nitrogens with one attached hydrogen (secondary N) is 1. The molecule has 3 N–H and O–H groups in total. The van der Waals surface area contributed by atoms with Crippen molar-refractivity contribution in [3.63, 3.8) is 0 Å². The zero-order chi connectivity index (χ0) is 12.5. The van der Waals surface area contributed by atoms with Crippen LogP contribution in [0.1, 0.15) is 18.4 Å². The van der Waals surface area contributed by atoms with Crippen LogP contribution in [0.5, 0.6) is 5.75 Å². The second kappa shape index (κ2) is 4.66. The highest BCUT2D eigenvalue weighted by Crippen LogP contribution is 2.32. The van der Waals surface area contributed by atoms with Gasteiger partial charge >= 0.3 is 0 Å². The summed E-state index contributed by atoms with van der Waals surface area (Å²) in [5, 5.41) is 2.84. The number of benzene rings is 1. The van der Waals surface area contributed by atoms with Crippen molar-refractivity contribution < 1.29 is 9.53 Å². The minimum atomic E-state index is -0.607. The van der Waals surface area contributed by atoms with E-state index < -0.39 is 5.54 Å². The van der Waals surface area contributed by atoms with Gasteiger partial charge in [-0.2, -0.15) is 0 Å². The van der Waals surface area contributed by atoms with E-state index in [4.69, 9.17) is 10.5 Å². The van der Waals surface area contributed by atoms with Crippen LogP contribution in [0.3, 0.4) is 0 Å². The highest BCUT2D eigenvalue weighted by atomic mass is 79.9. The Morgan fingerprint density at radius 1 is 1.59 bits per heavy atom. The smallest absolute Gasteiger partial charge is 0.240 e. The number of ether oxygens (including phenoxy) is 1. The molecule has 0 unspecified atom stereocenters. The zero-order valence-corrected chi connectivity index (χ0v) is 11.2. The van der Waals surface area contributed by atoms with E-state index in [-0.39, 0.29) is 5.91 Å². The summed E-state index contributed by atoms with van der Waals surface area (Å²) in [6.07, 6.45) is 1.57. The number of halogens is 1. The third kappa shape index (κ3) is 2.79. The Kier molecular flexibility index (Phi) is 3.40. The van der Waals surface area contributed by atoms with Crippen LogP contribution in [0.4, 0.5) is 0 Å². The molecule has 1 saturated carbocycles. The molecule has 5 heteroatoms. The van der Waals surface area contributed by atoms with Crippen molar-refractivity contribution in [2.24, 2.45) is 5.73 Å². The first-order chi connectivity index (χ1) is 8.05. The lowest BCUT2D eigenvalue weighted by molar-refractivity contribution is -0.123. The van der Waals surface area contributed by atoms with Crippen molar-refractivity contribution in [2.75, 3.05) is 7.11 Å². The number of carbonyl (C=O) groups is 1. The molecule has 1 amide bonds. The van der Waals surface area contributed by atoms with Crippen LogP contribution in [0.25, 0.3) is 0 Å². The van der Waals surface area contributed by atoms with Gasteiger partial charge in [-0.25, -0.2) is 0 Å². The van der Waals surface area contributed by atoms with Crippen molar-refractivity contribution in [3.8, 4) is 5.75 Å². The molecule has 0 saturated heterocycles. The van der Waals surface area contributed by atoms with Gasteiger partial charge in [-0.3, -0.25) is 4.79 Å². The van der Waals surface area contributed by atoms with Gasteiger partial charge in [0.25, 0.3) is 0 Å². The third-order valence-corrected chi connectivity index (χ3v) is 3.53. The molecule has 0 bridgehead atoms. The molecule has 0 spiro atoms. The first kappa shape index (κ1) is 12.4. The van der Waals surface area contributed by atoms with Gasteiger partial charge in [-0.15, -0.1) is 0 Å². The maximum Gasteiger partial charge on any atom is 0.240 e. The molecule has 1 aromatic carbocycles. The predicted molar refractivity (Wildman–Crippen MR) is 68.7 cm³/mol. The van der Waals surface area contributed by atoms with Gasteiger partial charge in [0.05, 0.1) is 17.1 Å². The van der Waals surface area contributed by atoms with Crippen molar-refractivity contribution in [2.45, 2.75) is 24.9 Å². The summed E-state index contributed by atoms with van der Waals surface area (Å²) in [6.45, 7) is 0.486. The topological polar surface area (TPSA) is 64.3 Å². The van der Waals surface area contributed by atoms with Gasteiger partial charge in [0.1, 0.15) is 5.75 Å². The number of rotatable bonds is 4. The van der Waals surface area contributed by atoms with E-state index in [9.17, 15) is 4.79 Å². The summed E-state index contributed by atoms with van der Waals surface area (Å²) in [6, 6.07) is 5.70. The summed E-state index contributed by atoms with van der Waals surface area (Å²) in [7, 11) is 1.62. The first-order valence-electron chi connectivity index (χ1n) is 5.45. The molecule has 1 aromatic rings. The highest BCUT2D eigenvalue weighted by molar-refractivity contribution is 9.10. The van der Waals surface area contributed by atoms with Gasteiger partial charge in [-0.1, -0.05) is 6.07 Å². The van der Waals surface area contributed by atoms with Crippen LogP contribution in [-0.4, -0.2) is 18.6 Å².